The predicted octanol–water partition coefficient (Wildman–Crippen LogP) is 3.90. The summed E-state index contributed by atoms with van der Waals surface area (Å²) < 4.78 is 0. The average Bonchev–Trinajstić information content (AvgIpc) is 3.00. The maximum absolute atomic E-state index is 10.5. The summed E-state index contributed by atoms with van der Waals surface area (Å²) in [6.45, 7) is 2.22. The van der Waals surface area contributed by atoms with Gasteiger partial charge < -0.3 is 10.2 Å². The van der Waals surface area contributed by atoms with Crippen LogP contribution in [-0.2, 0) is 0 Å². The first-order valence-corrected chi connectivity index (χ1v) is 9.26. The molecular formula is C20H27N3O2. The summed E-state index contributed by atoms with van der Waals surface area (Å²) in [7, 11) is 0. The summed E-state index contributed by atoms with van der Waals surface area (Å²) in [6, 6.07) is 6.79. The second-order valence-corrected chi connectivity index (χ2v) is 6.83. The molecule has 1 aliphatic rings. The van der Waals surface area contributed by atoms with Crippen molar-refractivity contribution < 1.29 is 10.2 Å². The Morgan fingerprint density at radius 2 is 1.64 bits per heavy atom. The molecular weight excluding hydrogens is 314 g/mol. The van der Waals surface area contributed by atoms with Crippen LogP contribution in [0.4, 0.5) is 0 Å². The summed E-state index contributed by atoms with van der Waals surface area (Å²) in [4.78, 5) is 1.39. The molecule has 5 nitrogen and oxygen atoms in total. The van der Waals surface area contributed by atoms with Crippen LogP contribution >= 0.6 is 0 Å². The van der Waals surface area contributed by atoms with E-state index < -0.39 is 11.8 Å². The lowest BCUT2D eigenvalue weighted by atomic mass is 9.94. The van der Waals surface area contributed by atoms with Gasteiger partial charge in [0.1, 0.15) is 17.1 Å². The first kappa shape index (κ1) is 17.8. The monoisotopic (exact) mass is 341 g/mol. The van der Waals surface area contributed by atoms with Crippen molar-refractivity contribution >= 4 is 11.0 Å². The molecule has 0 saturated carbocycles. The van der Waals surface area contributed by atoms with Crippen molar-refractivity contribution in [1.82, 2.24) is 15.0 Å². The van der Waals surface area contributed by atoms with Crippen molar-refractivity contribution in [2.75, 3.05) is 0 Å². The fourth-order valence-electron chi connectivity index (χ4n) is 3.28. The van der Waals surface area contributed by atoms with Crippen molar-refractivity contribution in [3.63, 3.8) is 0 Å². The van der Waals surface area contributed by atoms with Gasteiger partial charge in [-0.05, 0) is 36.6 Å². The van der Waals surface area contributed by atoms with E-state index in [4.69, 9.17) is 0 Å². The molecule has 0 saturated heterocycles. The van der Waals surface area contributed by atoms with Crippen molar-refractivity contribution in [3.05, 3.63) is 48.1 Å². The molecule has 1 unspecified atom stereocenters. The van der Waals surface area contributed by atoms with Crippen LogP contribution in [0.15, 0.2) is 48.1 Å². The fraction of sp³-hybridized carbons (Fsp3) is 0.500. The lowest BCUT2D eigenvalue weighted by Crippen LogP contribution is -2.39. The number of hydrogen-bond donors (Lipinski definition) is 2. The zero-order valence-electron chi connectivity index (χ0n) is 14.8. The van der Waals surface area contributed by atoms with Crippen LogP contribution in [-0.4, -0.2) is 31.0 Å². The summed E-state index contributed by atoms with van der Waals surface area (Å²) in [5.74, 6) is -1.97. The number of rotatable bonds is 8. The minimum atomic E-state index is -1.97. The van der Waals surface area contributed by atoms with Crippen LogP contribution in [0.1, 0.15) is 57.9 Å². The van der Waals surface area contributed by atoms with Crippen LogP contribution in [0.25, 0.3) is 11.0 Å². The van der Waals surface area contributed by atoms with Gasteiger partial charge in [-0.2, -0.15) is 15.0 Å². The number of aliphatic hydroxyl groups is 2. The molecule has 1 atom stereocenters. The smallest absolute Gasteiger partial charge is 0.212 e. The van der Waals surface area contributed by atoms with Gasteiger partial charge in [-0.3, -0.25) is 0 Å². The Balaban J connectivity index is 1.62. The first-order valence-electron chi connectivity index (χ1n) is 9.26. The van der Waals surface area contributed by atoms with Gasteiger partial charge in [0.25, 0.3) is 0 Å². The predicted molar refractivity (Wildman–Crippen MR) is 98.9 cm³/mol. The maximum atomic E-state index is 10.5. The molecule has 3 rings (SSSR count). The molecule has 0 fully saturated rings. The van der Waals surface area contributed by atoms with Gasteiger partial charge in [-0.15, -0.1) is 0 Å². The third-order valence-corrected chi connectivity index (χ3v) is 4.70. The first-order chi connectivity index (χ1) is 12.1. The zero-order chi connectivity index (χ0) is 17.7. The minimum Gasteiger partial charge on any atom is -0.360 e. The summed E-state index contributed by atoms with van der Waals surface area (Å²) in [6.07, 6.45) is 13.5. The van der Waals surface area contributed by atoms with E-state index in [-0.39, 0.29) is 0 Å². The maximum Gasteiger partial charge on any atom is 0.212 e. The number of fused-ring (bicyclic) bond motifs is 1. The molecule has 134 valence electrons. The van der Waals surface area contributed by atoms with Crippen molar-refractivity contribution in [2.24, 2.45) is 0 Å². The Morgan fingerprint density at radius 1 is 1.00 bits per heavy atom. The number of allylic oxidation sites excluding steroid dienone is 2. The lowest BCUT2D eigenvalue weighted by molar-refractivity contribution is -0.147. The van der Waals surface area contributed by atoms with E-state index in [1.54, 1.807) is 6.08 Å². The third-order valence-electron chi connectivity index (χ3n) is 4.70. The van der Waals surface area contributed by atoms with Crippen LogP contribution in [0, 0.1) is 0 Å². The summed E-state index contributed by atoms with van der Waals surface area (Å²) in [5, 5.41) is 29.7. The molecule has 0 amide bonds. The Labute approximate surface area is 148 Å². The lowest BCUT2D eigenvalue weighted by Gasteiger charge is -2.29. The number of nitrogens with zero attached hydrogens (tertiary/aromatic N) is 3. The van der Waals surface area contributed by atoms with Crippen LogP contribution in [0.5, 0.6) is 0 Å². The molecule has 25 heavy (non-hydrogen) atoms. The molecule has 1 heterocycles. The minimum absolute atomic E-state index is 0.715. The van der Waals surface area contributed by atoms with Gasteiger partial charge >= 0.3 is 0 Å². The Morgan fingerprint density at radius 3 is 2.28 bits per heavy atom. The van der Waals surface area contributed by atoms with Gasteiger partial charge in [0, 0.05) is 0 Å². The zero-order valence-corrected chi connectivity index (χ0v) is 14.8. The fourth-order valence-corrected chi connectivity index (χ4v) is 3.28. The number of hydrogen-bond acceptors (Lipinski definition) is 4. The van der Waals surface area contributed by atoms with E-state index in [1.807, 2.05) is 30.3 Å². The highest BCUT2D eigenvalue weighted by atomic mass is 16.5. The van der Waals surface area contributed by atoms with Crippen LogP contribution in [0.3, 0.4) is 0 Å². The van der Waals surface area contributed by atoms with Crippen LogP contribution < -0.4 is 0 Å². The highest BCUT2D eigenvalue weighted by Crippen LogP contribution is 2.31. The van der Waals surface area contributed by atoms with E-state index in [9.17, 15) is 10.2 Å². The highest BCUT2D eigenvalue weighted by molar-refractivity contribution is 5.73. The van der Waals surface area contributed by atoms with E-state index >= 15 is 0 Å². The molecule has 2 N–H and O–H groups in total. The summed E-state index contributed by atoms with van der Waals surface area (Å²) >= 11 is 0. The van der Waals surface area contributed by atoms with Crippen molar-refractivity contribution in [1.29, 1.82) is 0 Å². The molecule has 0 spiro atoms. The largest absolute Gasteiger partial charge is 0.360 e. The van der Waals surface area contributed by atoms with Gasteiger partial charge in [0.15, 0.2) is 0 Å². The Kier molecular flexibility index (Phi) is 5.66. The van der Waals surface area contributed by atoms with E-state index in [2.05, 4.69) is 17.1 Å². The van der Waals surface area contributed by atoms with Gasteiger partial charge in [-0.1, -0.05) is 63.3 Å². The molecule has 0 aliphatic heterocycles. The molecule has 1 aromatic carbocycles. The molecule has 0 radical (unpaired) electrons. The average molecular weight is 341 g/mol. The number of benzene rings is 1. The van der Waals surface area contributed by atoms with Crippen LogP contribution in [0.2, 0.25) is 0 Å². The number of unbranched alkanes of at least 4 members (excludes halogenated alkanes) is 5. The molecule has 2 aromatic rings. The Hall–Kier alpha value is -1.98. The quantitative estimate of drug-likeness (QED) is 0.564. The van der Waals surface area contributed by atoms with Crippen molar-refractivity contribution in [2.45, 2.75) is 63.7 Å². The van der Waals surface area contributed by atoms with Gasteiger partial charge in [0.2, 0.25) is 5.79 Å². The van der Waals surface area contributed by atoms with Crippen molar-refractivity contribution in [3.8, 4) is 0 Å². The summed E-state index contributed by atoms with van der Waals surface area (Å²) in [5.41, 5.74) is 2.45. The molecule has 5 heteroatoms. The molecule has 0 bridgehead atoms. The number of aromatic nitrogens is 3. The van der Waals surface area contributed by atoms with Gasteiger partial charge in [-0.25, -0.2) is 0 Å². The van der Waals surface area contributed by atoms with E-state index in [0.717, 1.165) is 29.4 Å². The second kappa shape index (κ2) is 7.93. The molecule has 1 aliphatic carbocycles. The van der Waals surface area contributed by atoms with E-state index in [1.165, 1.54) is 43.0 Å². The second-order valence-electron chi connectivity index (χ2n) is 6.83. The topological polar surface area (TPSA) is 71.2 Å². The normalized spacial score (nSPS) is 19.3. The van der Waals surface area contributed by atoms with Gasteiger partial charge in [0.05, 0.1) is 0 Å². The molecule has 1 aromatic heterocycles. The Bertz CT molecular complexity index is 728. The third kappa shape index (κ3) is 4.35. The standard InChI is InChI=1S/C20H27N3O2/c1-2-3-4-5-6-7-10-16-13-14-19(20(24,25)15-16)23-21-17-11-8-9-12-18(17)22-23/h8-9,11-15,19,24-25H,2-7,10H2,1H3. The SMILES string of the molecule is CCCCCCCCC1=CC(O)(O)C(n2nc3ccccc3n2)C=C1. The highest BCUT2D eigenvalue weighted by Gasteiger charge is 2.36. The van der Waals surface area contributed by atoms with E-state index in [0.29, 0.717) is 0 Å².